The van der Waals surface area contributed by atoms with Gasteiger partial charge in [0.25, 0.3) is 0 Å². The Morgan fingerprint density at radius 2 is 1.84 bits per heavy atom. The van der Waals surface area contributed by atoms with E-state index in [-0.39, 0.29) is 0 Å². The minimum absolute atomic E-state index is 0.401. The molecule has 2 saturated carbocycles. The fourth-order valence-electron chi connectivity index (χ4n) is 3.33. The first-order chi connectivity index (χ1) is 9.09. The molecule has 0 radical (unpaired) electrons. The monoisotopic (exact) mass is 321 g/mol. The first kappa shape index (κ1) is 13.6. The van der Waals surface area contributed by atoms with Gasteiger partial charge in [0.05, 0.1) is 0 Å². The van der Waals surface area contributed by atoms with E-state index in [4.69, 9.17) is 0 Å². The number of hydrogen-bond acceptors (Lipinski definition) is 1. The topological polar surface area (TPSA) is 12.0 Å². The lowest BCUT2D eigenvalue weighted by Gasteiger charge is -2.50. The van der Waals surface area contributed by atoms with Crippen molar-refractivity contribution in [2.45, 2.75) is 51.0 Å². The average molecular weight is 322 g/mol. The summed E-state index contributed by atoms with van der Waals surface area (Å²) in [7, 11) is 0. The van der Waals surface area contributed by atoms with Crippen molar-refractivity contribution >= 4 is 15.9 Å². The molecule has 2 aliphatic carbocycles. The predicted octanol–water partition coefficient (Wildman–Crippen LogP) is 4.50. The van der Waals surface area contributed by atoms with Gasteiger partial charge in [-0.2, -0.15) is 0 Å². The molecule has 1 nitrogen and oxygen atoms in total. The highest BCUT2D eigenvalue weighted by molar-refractivity contribution is 9.10. The summed E-state index contributed by atoms with van der Waals surface area (Å²) in [6, 6.07) is 9.82. The summed E-state index contributed by atoms with van der Waals surface area (Å²) in [5.41, 5.74) is 1.93. The van der Waals surface area contributed by atoms with Gasteiger partial charge in [0.15, 0.2) is 0 Å². The molecule has 0 spiro atoms. The zero-order chi connectivity index (χ0) is 13.5. The Kier molecular flexibility index (Phi) is 3.74. The highest BCUT2D eigenvalue weighted by Gasteiger charge is 2.46. The molecule has 0 aliphatic heterocycles. The van der Waals surface area contributed by atoms with Crippen molar-refractivity contribution in [2.24, 2.45) is 11.8 Å². The van der Waals surface area contributed by atoms with E-state index < -0.39 is 0 Å². The molecule has 0 aromatic heterocycles. The van der Waals surface area contributed by atoms with Gasteiger partial charge in [-0.1, -0.05) is 41.9 Å². The van der Waals surface area contributed by atoms with E-state index in [1.165, 1.54) is 42.3 Å². The van der Waals surface area contributed by atoms with Gasteiger partial charge in [0.1, 0.15) is 0 Å². The maximum atomic E-state index is 3.76. The van der Waals surface area contributed by atoms with Crippen molar-refractivity contribution < 1.29 is 0 Å². The van der Waals surface area contributed by atoms with Crippen LogP contribution < -0.4 is 5.32 Å². The molecule has 2 fully saturated rings. The Bertz CT molecular complexity index is 422. The fraction of sp³-hybridized carbons (Fsp3) is 0.647. The van der Waals surface area contributed by atoms with E-state index in [1.54, 1.807) is 0 Å². The van der Waals surface area contributed by atoms with E-state index in [0.717, 1.165) is 17.9 Å². The van der Waals surface area contributed by atoms with E-state index in [0.29, 0.717) is 5.41 Å². The van der Waals surface area contributed by atoms with Crippen molar-refractivity contribution in [1.82, 2.24) is 5.32 Å². The molecule has 1 aromatic rings. The van der Waals surface area contributed by atoms with Crippen LogP contribution in [0, 0.1) is 11.8 Å². The second-order valence-corrected chi connectivity index (χ2v) is 7.77. The first-order valence-corrected chi connectivity index (χ1v) is 8.38. The maximum Gasteiger partial charge on any atom is 0.0175 e. The quantitative estimate of drug-likeness (QED) is 0.841. The number of benzene rings is 1. The lowest BCUT2D eigenvalue weighted by molar-refractivity contribution is 0.0973. The van der Waals surface area contributed by atoms with Gasteiger partial charge >= 0.3 is 0 Å². The molecule has 0 saturated heterocycles. The zero-order valence-corrected chi connectivity index (χ0v) is 13.5. The van der Waals surface area contributed by atoms with Crippen molar-refractivity contribution in [3.8, 4) is 0 Å². The van der Waals surface area contributed by atoms with E-state index >= 15 is 0 Å². The third-order valence-corrected chi connectivity index (χ3v) is 5.54. The summed E-state index contributed by atoms with van der Waals surface area (Å²) in [4.78, 5) is 0. The molecule has 19 heavy (non-hydrogen) atoms. The molecule has 2 aliphatic rings. The van der Waals surface area contributed by atoms with E-state index in [1.807, 2.05) is 0 Å². The van der Waals surface area contributed by atoms with Crippen molar-refractivity contribution in [3.05, 3.63) is 34.3 Å². The Labute approximate surface area is 125 Å². The molecular formula is C17H24BrN. The molecule has 104 valence electrons. The summed E-state index contributed by atoms with van der Waals surface area (Å²) in [6.45, 7) is 5.90. The van der Waals surface area contributed by atoms with E-state index in [2.05, 4.69) is 59.4 Å². The van der Waals surface area contributed by atoms with Gasteiger partial charge < -0.3 is 5.32 Å². The molecule has 0 heterocycles. The number of rotatable bonds is 5. The molecule has 0 bridgehead atoms. The third-order valence-electron chi connectivity index (χ3n) is 5.01. The molecule has 1 aromatic carbocycles. The standard InChI is InChI=1S/C17H24BrN/c1-12(2)13-9-17(10-13,11-19-16-7-8-16)14-3-5-15(18)6-4-14/h3-6,12-13,16,19H,7-11H2,1-2H3. The second-order valence-electron chi connectivity index (χ2n) is 6.85. The highest BCUT2D eigenvalue weighted by Crippen LogP contribution is 2.50. The van der Waals surface area contributed by atoms with Gasteiger partial charge in [0, 0.05) is 22.5 Å². The van der Waals surface area contributed by atoms with Crippen molar-refractivity contribution in [2.75, 3.05) is 6.54 Å². The predicted molar refractivity (Wildman–Crippen MR) is 84.4 cm³/mol. The van der Waals surface area contributed by atoms with Gasteiger partial charge in [-0.05, 0) is 55.2 Å². The van der Waals surface area contributed by atoms with Crippen molar-refractivity contribution in [1.29, 1.82) is 0 Å². The van der Waals surface area contributed by atoms with Crippen LogP contribution in [-0.4, -0.2) is 12.6 Å². The smallest absolute Gasteiger partial charge is 0.0175 e. The Hall–Kier alpha value is -0.340. The Morgan fingerprint density at radius 1 is 1.21 bits per heavy atom. The van der Waals surface area contributed by atoms with Gasteiger partial charge in [-0.25, -0.2) is 0 Å². The van der Waals surface area contributed by atoms with Crippen molar-refractivity contribution in [3.63, 3.8) is 0 Å². The number of hydrogen-bond donors (Lipinski definition) is 1. The van der Waals surface area contributed by atoms with Crippen LogP contribution in [-0.2, 0) is 5.41 Å². The number of halogens is 1. The lowest BCUT2D eigenvalue weighted by atomic mass is 9.56. The molecule has 0 atom stereocenters. The SMILES string of the molecule is CC(C)C1CC(CNC2CC2)(c2ccc(Br)cc2)C1. The van der Waals surface area contributed by atoms with Crippen LogP contribution in [0.4, 0.5) is 0 Å². The molecule has 2 heteroatoms. The Morgan fingerprint density at radius 3 is 2.37 bits per heavy atom. The zero-order valence-electron chi connectivity index (χ0n) is 12.0. The van der Waals surface area contributed by atoms with Gasteiger partial charge in [-0.15, -0.1) is 0 Å². The first-order valence-electron chi connectivity index (χ1n) is 7.58. The molecule has 0 amide bonds. The van der Waals surface area contributed by atoms with E-state index in [9.17, 15) is 0 Å². The summed E-state index contributed by atoms with van der Waals surface area (Å²) in [5.74, 6) is 1.73. The fourth-order valence-corrected chi connectivity index (χ4v) is 3.59. The highest BCUT2D eigenvalue weighted by atomic mass is 79.9. The van der Waals surface area contributed by atoms with Crippen LogP contribution in [0.2, 0.25) is 0 Å². The Balaban J connectivity index is 1.74. The van der Waals surface area contributed by atoms with Crippen LogP contribution in [0.3, 0.4) is 0 Å². The largest absolute Gasteiger partial charge is 0.313 e. The molecule has 0 unspecified atom stereocenters. The second kappa shape index (κ2) is 5.21. The normalized spacial score (nSPS) is 30.4. The van der Waals surface area contributed by atoms with Crippen LogP contribution >= 0.6 is 15.9 Å². The third kappa shape index (κ3) is 2.90. The minimum atomic E-state index is 0.401. The summed E-state index contributed by atoms with van der Waals surface area (Å²) < 4.78 is 1.18. The van der Waals surface area contributed by atoms with Gasteiger partial charge in [-0.3, -0.25) is 0 Å². The average Bonchev–Trinajstić information content (AvgIpc) is 3.13. The van der Waals surface area contributed by atoms with Gasteiger partial charge in [0.2, 0.25) is 0 Å². The molecule has 1 N–H and O–H groups in total. The summed E-state index contributed by atoms with van der Waals surface area (Å²) >= 11 is 3.54. The molecular weight excluding hydrogens is 298 g/mol. The maximum absolute atomic E-state index is 3.76. The molecule has 3 rings (SSSR count). The number of nitrogens with one attached hydrogen (secondary N) is 1. The van der Waals surface area contributed by atoms with Crippen LogP contribution in [0.5, 0.6) is 0 Å². The van der Waals surface area contributed by atoms with Crippen LogP contribution in [0.1, 0.15) is 45.1 Å². The van der Waals surface area contributed by atoms with Crippen LogP contribution in [0.25, 0.3) is 0 Å². The summed E-state index contributed by atoms with van der Waals surface area (Å²) in [6.07, 6.45) is 5.46. The van der Waals surface area contributed by atoms with Crippen LogP contribution in [0.15, 0.2) is 28.7 Å². The summed E-state index contributed by atoms with van der Waals surface area (Å²) in [5, 5.41) is 3.76. The lowest BCUT2D eigenvalue weighted by Crippen LogP contribution is -2.50. The minimum Gasteiger partial charge on any atom is -0.313 e.